The van der Waals surface area contributed by atoms with Gasteiger partial charge in [-0.05, 0) is 26.2 Å². The fourth-order valence-electron chi connectivity index (χ4n) is 2.63. The molecule has 2 N–H and O–H groups in total. The van der Waals surface area contributed by atoms with Crippen LogP contribution in [0.25, 0.3) is 10.6 Å². The first-order chi connectivity index (χ1) is 9.74. The molecule has 20 heavy (non-hydrogen) atoms. The van der Waals surface area contributed by atoms with Crippen molar-refractivity contribution in [2.24, 2.45) is 0 Å². The third-order valence-electron chi connectivity index (χ3n) is 3.63. The number of benzene rings is 1. The van der Waals surface area contributed by atoms with Crippen LogP contribution < -0.4 is 5.32 Å². The lowest BCUT2D eigenvalue weighted by molar-refractivity contribution is 0.184. The molecule has 2 aromatic rings. The maximum atomic E-state index is 9.44. The first-order valence-corrected chi connectivity index (χ1v) is 8.02. The van der Waals surface area contributed by atoms with Gasteiger partial charge >= 0.3 is 0 Å². The molecule has 0 bridgehead atoms. The van der Waals surface area contributed by atoms with Crippen molar-refractivity contribution in [2.45, 2.75) is 38.3 Å². The van der Waals surface area contributed by atoms with E-state index in [1.165, 1.54) is 22.6 Å². The van der Waals surface area contributed by atoms with Gasteiger partial charge in [0.15, 0.2) is 0 Å². The summed E-state index contributed by atoms with van der Waals surface area (Å²) < 4.78 is 0. The number of aromatic nitrogens is 1. The van der Waals surface area contributed by atoms with E-state index < -0.39 is 0 Å². The van der Waals surface area contributed by atoms with Crippen LogP contribution in [0, 0.1) is 0 Å². The van der Waals surface area contributed by atoms with E-state index in [0.29, 0.717) is 12.6 Å². The van der Waals surface area contributed by atoms with E-state index in [2.05, 4.69) is 29.6 Å². The third-order valence-corrected chi connectivity index (χ3v) is 4.89. The average Bonchev–Trinajstić information content (AvgIpc) is 2.90. The van der Waals surface area contributed by atoms with Crippen molar-refractivity contribution in [1.82, 2.24) is 10.3 Å². The molecule has 3 nitrogen and oxygen atoms in total. The Morgan fingerprint density at radius 1 is 1.40 bits per heavy atom. The van der Waals surface area contributed by atoms with Crippen molar-refractivity contribution < 1.29 is 5.11 Å². The number of hydrogen-bond donors (Lipinski definition) is 2. The summed E-state index contributed by atoms with van der Waals surface area (Å²) in [5.41, 5.74) is 2.43. The Hall–Kier alpha value is -1.23. The summed E-state index contributed by atoms with van der Waals surface area (Å²) in [4.78, 5) is 6.17. The minimum atomic E-state index is -0.304. The molecule has 2 atom stereocenters. The van der Waals surface area contributed by atoms with Crippen LogP contribution in [0.2, 0.25) is 0 Å². The van der Waals surface area contributed by atoms with E-state index in [9.17, 15) is 5.11 Å². The molecule has 0 spiro atoms. The fraction of sp³-hybridized carbons (Fsp3) is 0.438. The monoisotopic (exact) mass is 288 g/mol. The molecule has 0 radical (unpaired) electrons. The first-order valence-electron chi connectivity index (χ1n) is 7.20. The van der Waals surface area contributed by atoms with Crippen molar-refractivity contribution in [3.63, 3.8) is 0 Å². The molecule has 0 saturated carbocycles. The standard InChI is InChI=1S/C16H20N2OS/c1-11(19)10-17-13-8-5-9-14-15(13)20-16(18-14)12-6-3-2-4-7-12/h2-4,6-7,11,13,17,19H,5,8-10H2,1H3. The second kappa shape index (κ2) is 6.04. The molecular weight excluding hydrogens is 268 g/mol. The summed E-state index contributed by atoms with van der Waals surface area (Å²) in [5, 5.41) is 14.0. The van der Waals surface area contributed by atoms with Gasteiger partial charge in [-0.2, -0.15) is 0 Å². The van der Waals surface area contributed by atoms with Crippen LogP contribution in [0.5, 0.6) is 0 Å². The molecule has 1 aromatic heterocycles. The smallest absolute Gasteiger partial charge is 0.123 e. The number of rotatable bonds is 4. The second-order valence-electron chi connectivity index (χ2n) is 5.40. The lowest BCUT2D eigenvalue weighted by atomic mass is 9.98. The number of hydrogen-bond acceptors (Lipinski definition) is 4. The van der Waals surface area contributed by atoms with E-state index in [0.717, 1.165) is 17.8 Å². The van der Waals surface area contributed by atoms with E-state index in [4.69, 9.17) is 4.98 Å². The number of aryl methyl sites for hydroxylation is 1. The number of aliphatic hydroxyl groups is 1. The van der Waals surface area contributed by atoms with Crippen molar-refractivity contribution in [1.29, 1.82) is 0 Å². The van der Waals surface area contributed by atoms with Gasteiger partial charge < -0.3 is 10.4 Å². The molecule has 1 aliphatic rings. The van der Waals surface area contributed by atoms with Gasteiger partial charge in [-0.25, -0.2) is 4.98 Å². The number of fused-ring (bicyclic) bond motifs is 1. The van der Waals surface area contributed by atoms with Crippen molar-refractivity contribution in [2.75, 3.05) is 6.54 Å². The SMILES string of the molecule is CC(O)CNC1CCCc2nc(-c3ccccc3)sc21. The van der Waals surface area contributed by atoms with E-state index >= 15 is 0 Å². The van der Waals surface area contributed by atoms with Gasteiger partial charge in [-0.3, -0.25) is 0 Å². The predicted octanol–water partition coefficient (Wildman–Crippen LogP) is 3.16. The van der Waals surface area contributed by atoms with Gasteiger partial charge in [0.2, 0.25) is 0 Å². The zero-order valence-corrected chi connectivity index (χ0v) is 12.5. The Morgan fingerprint density at radius 2 is 2.20 bits per heavy atom. The molecule has 0 amide bonds. The summed E-state index contributed by atoms with van der Waals surface area (Å²) in [6, 6.07) is 10.7. The molecular formula is C16H20N2OS. The number of nitrogens with one attached hydrogen (secondary N) is 1. The number of nitrogens with zero attached hydrogens (tertiary/aromatic N) is 1. The zero-order chi connectivity index (χ0) is 13.9. The zero-order valence-electron chi connectivity index (χ0n) is 11.7. The van der Waals surface area contributed by atoms with E-state index in [-0.39, 0.29) is 6.10 Å². The summed E-state index contributed by atoms with van der Waals surface area (Å²) in [6.07, 6.45) is 3.08. The number of thiazole rings is 1. The highest BCUT2D eigenvalue weighted by atomic mass is 32.1. The van der Waals surface area contributed by atoms with Gasteiger partial charge in [-0.15, -0.1) is 11.3 Å². The molecule has 3 rings (SSSR count). The van der Waals surface area contributed by atoms with Crippen LogP contribution >= 0.6 is 11.3 Å². The highest BCUT2D eigenvalue weighted by Crippen LogP contribution is 2.37. The van der Waals surface area contributed by atoms with E-state index in [1.807, 2.05) is 13.0 Å². The van der Waals surface area contributed by atoms with Crippen LogP contribution in [-0.4, -0.2) is 22.7 Å². The molecule has 2 unspecified atom stereocenters. The Morgan fingerprint density at radius 3 is 2.95 bits per heavy atom. The summed E-state index contributed by atoms with van der Waals surface area (Å²) >= 11 is 1.79. The number of aliphatic hydroxyl groups excluding tert-OH is 1. The largest absolute Gasteiger partial charge is 0.392 e. The van der Waals surface area contributed by atoms with Gasteiger partial charge in [0, 0.05) is 23.0 Å². The van der Waals surface area contributed by atoms with Crippen LogP contribution in [0.4, 0.5) is 0 Å². The molecule has 4 heteroatoms. The first kappa shape index (κ1) is 13.7. The predicted molar refractivity (Wildman–Crippen MR) is 82.9 cm³/mol. The van der Waals surface area contributed by atoms with Gasteiger partial charge in [0.1, 0.15) is 5.01 Å². The molecule has 0 fully saturated rings. The highest BCUT2D eigenvalue weighted by molar-refractivity contribution is 7.15. The van der Waals surface area contributed by atoms with Crippen molar-refractivity contribution in [3.8, 4) is 10.6 Å². The molecule has 1 aliphatic carbocycles. The molecule has 0 saturated heterocycles. The normalized spacial score (nSPS) is 19.6. The van der Waals surface area contributed by atoms with E-state index in [1.54, 1.807) is 11.3 Å². The van der Waals surface area contributed by atoms with Gasteiger partial charge in [0.25, 0.3) is 0 Å². The highest BCUT2D eigenvalue weighted by Gasteiger charge is 2.24. The molecule has 106 valence electrons. The Balaban J connectivity index is 1.85. The van der Waals surface area contributed by atoms with Gasteiger partial charge in [0.05, 0.1) is 11.8 Å². The summed E-state index contributed by atoms with van der Waals surface area (Å²) in [6.45, 7) is 2.46. The van der Waals surface area contributed by atoms with Gasteiger partial charge in [-0.1, -0.05) is 30.3 Å². The quantitative estimate of drug-likeness (QED) is 0.908. The van der Waals surface area contributed by atoms with Crippen LogP contribution in [-0.2, 0) is 6.42 Å². The van der Waals surface area contributed by atoms with Crippen LogP contribution in [0.3, 0.4) is 0 Å². The van der Waals surface area contributed by atoms with Crippen LogP contribution in [0.1, 0.15) is 36.4 Å². The Labute approximate surface area is 123 Å². The molecule has 0 aliphatic heterocycles. The fourth-order valence-corrected chi connectivity index (χ4v) is 3.86. The summed E-state index contributed by atoms with van der Waals surface area (Å²) in [5.74, 6) is 0. The average molecular weight is 288 g/mol. The second-order valence-corrected chi connectivity index (χ2v) is 6.43. The van der Waals surface area contributed by atoms with Crippen molar-refractivity contribution >= 4 is 11.3 Å². The van der Waals surface area contributed by atoms with Crippen molar-refractivity contribution in [3.05, 3.63) is 40.9 Å². The maximum absolute atomic E-state index is 9.44. The minimum Gasteiger partial charge on any atom is -0.392 e. The minimum absolute atomic E-state index is 0.304. The lowest BCUT2D eigenvalue weighted by Crippen LogP contribution is -2.30. The Kier molecular flexibility index (Phi) is 4.15. The Bertz CT molecular complexity index is 565. The molecule has 1 heterocycles. The summed E-state index contributed by atoms with van der Waals surface area (Å²) in [7, 11) is 0. The molecule has 1 aromatic carbocycles. The van der Waals surface area contributed by atoms with Crippen LogP contribution in [0.15, 0.2) is 30.3 Å². The third kappa shape index (κ3) is 2.92. The lowest BCUT2D eigenvalue weighted by Gasteiger charge is -2.23. The topological polar surface area (TPSA) is 45.1 Å². The maximum Gasteiger partial charge on any atom is 0.123 e.